The number of hydrogen-bond acceptors (Lipinski definition) is 1. The van der Waals surface area contributed by atoms with Crippen molar-refractivity contribution in [3.63, 3.8) is 0 Å². The van der Waals surface area contributed by atoms with Gasteiger partial charge in [0.1, 0.15) is 0 Å². The molecule has 1 aromatic carbocycles. The number of aryl methyl sites for hydroxylation is 1. The van der Waals surface area contributed by atoms with Gasteiger partial charge in [-0.05, 0) is 31.2 Å². The minimum absolute atomic E-state index is 0.117. The van der Waals surface area contributed by atoms with E-state index in [0.29, 0.717) is 6.42 Å². The maximum Gasteiger partial charge on any atom is 0.220 e. The standard InChI is InChI=1S/C16H22ClNO/c17-14-10-4-5-11-15(14)18-16(19)12-6-9-13-7-2-1-3-8-13/h1-3,7-8,14-15H,4-6,9-12H2,(H,18,19). The molecule has 104 valence electrons. The van der Waals surface area contributed by atoms with Crippen molar-refractivity contribution >= 4 is 17.5 Å². The molecular weight excluding hydrogens is 258 g/mol. The van der Waals surface area contributed by atoms with Crippen molar-refractivity contribution in [2.24, 2.45) is 0 Å². The van der Waals surface area contributed by atoms with Gasteiger partial charge in [-0.25, -0.2) is 0 Å². The Bertz CT molecular complexity index is 393. The minimum atomic E-state index is 0.117. The number of nitrogens with one attached hydrogen (secondary N) is 1. The largest absolute Gasteiger partial charge is 0.352 e. The van der Waals surface area contributed by atoms with E-state index in [-0.39, 0.29) is 17.3 Å². The lowest BCUT2D eigenvalue weighted by molar-refractivity contribution is -0.122. The predicted octanol–water partition coefficient (Wildman–Crippen LogP) is 3.68. The van der Waals surface area contributed by atoms with Crippen LogP contribution in [0.5, 0.6) is 0 Å². The molecule has 2 atom stereocenters. The number of amides is 1. The van der Waals surface area contributed by atoms with Gasteiger partial charge in [0.2, 0.25) is 5.91 Å². The Hall–Kier alpha value is -1.02. The van der Waals surface area contributed by atoms with E-state index in [1.165, 1.54) is 18.4 Å². The fraction of sp³-hybridized carbons (Fsp3) is 0.562. The third-order valence-electron chi connectivity index (χ3n) is 3.74. The molecule has 0 bridgehead atoms. The summed E-state index contributed by atoms with van der Waals surface area (Å²) in [7, 11) is 0. The zero-order valence-electron chi connectivity index (χ0n) is 11.3. The molecule has 2 nitrogen and oxygen atoms in total. The highest BCUT2D eigenvalue weighted by atomic mass is 35.5. The third-order valence-corrected chi connectivity index (χ3v) is 4.26. The lowest BCUT2D eigenvalue weighted by Crippen LogP contribution is -2.42. The van der Waals surface area contributed by atoms with Crippen molar-refractivity contribution in [2.75, 3.05) is 0 Å². The number of carbonyl (C=O) groups is 1. The van der Waals surface area contributed by atoms with E-state index in [2.05, 4.69) is 17.4 Å². The van der Waals surface area contributed by atoms with E-state index in [1.54, 1.807) is 0 Å². The highest BCUT2D eigenvalue weighted by Crippen LogP contribution is 2.23. The van der Waals surface area contributed by atoms with Crippen molar-refractivity contribution in [1.82, 2.24) is 5.32 Å². The number of hydrogen-bond donors (Lipinski definition) is 1. The van der Waals surface area contributed by atoms with Crippen molar-refractivity contribution in [2.45, 2.75) is 56.4 Å². The fourth-order valence-electron chi connectivity index (χ4n) is 2.62. The Morgan fingerprint density at radius 1 is 1.21 bits per heavy atom. The SMILES string of the molecule is O=C(CCCc1ccccc1)NC1CCCCC1Cl. The molecule has 1 N–H and O–H groups in total. The van der Waals surface area contributed by atoms with Gasteiger partial charge in [-0.3, -0.25) is 4.79 Å². The van der Waals surface area contributed by atoms with Crippen LogP contribution in [-0.2, 0) is 11.2 Å². The summed E-state index contributed by atoms with van der Waals surface area (Å²) in [5, 5.41) is 3.20. The van der Waals surface area contributed by atoms with Gasteiger partial charge in [-0.1, -0.05) is 43.2 Å². The van der Waals surface area contributed by atoms with Crippen molar-refractivity contribution in [3.05, 3.63) is 35.9 Å². The average molecular weight is 280 g/mol. The van der Waals surface area contributed by atoms with Crippen molar-refractivity contribution in [3.8, 4) is 0 Å². The molecule has 0 radical (unpaired) electrons. The molecule has 1 fully saturated rings. The number of halogens is 1. The summed E-state index contributed by atoms with van der Waals surface area (Å²) in [6.07, 6.45) is 6.87. The summed E-state index contributed by atoms with van der Waals surface area (Å²) in [4.78, 5) is 11.9. The summed E-state index contributed by atoms with van der Waals surface area (Å²) in [5.41, 5.74) is 1.29. The fourth-order valence-corrected chi connectivity index (χ4v) is 2.97. The van der Waals surface area contributed by atoms with Crippen LogP contribution in [0.15, 0.2) is 30.3 Å². The molecule has 3 heteroatoms. The van der Waals surface area contributed by atoms with Crippen LogP contribution >= 0.6 is 11.6 Å². The number of benzene rings is 1. The second kappa shape index (κ2) is 7.54. The third kappa shape index (κ3) is 4.87. The minimum Gasteiger partial charge on any atom is -0.352 e. The summed E-state index contributed by atoms with van der Waals surface area (Å²) in [5.74, 6) is 0.147. The molecule has 1 aliphatic carbocycles. The van der Waals surface area contributed by atoms with E-state index in [0.717, 1.165) is 25.7 Å². The predicted molar refractivity (Wildman–Crippen MR) is 79.4 cm³/mol. The molecule has 19 heavy (non-hydrogen) atoms. The maximum absolute atomic E-state index is 11.9. The molecule has 0 spiro atoms. The van der Waals surface area contributed by atoms with Gasteiger partial charge in [-0.2, -0.15) is 0 Å². The highest BCUT2D eigenvalue weighted by molar-refractivity contribution is 6.21. The van der Waals surface area contributed by atoms with Crippen LogP contribution in [-0.4, -0.2) is 17.3 Å². The van der Waals surface area contributed by atoms with Crippen molar-refractivity contribution < 1.29 is 4.79 Å². The van der Waals surface area contributed by atoms with E-state index in [1.807, 2.05) is 18.2 Å². The quantitative estimate of drug-likeness (QED) is 0.819. The van der Waals surface area contributed by atoms with E-state index in [9.17, 15) is 4.79 Å². The van der Waals surface area contributed by atoms with Crippen LogP contribution in [0.25, 0.3) is 0 Å². The Kier molecular flexibility index (Phi) is 5.71. The molecule has 0 saturated heterocycles. The van der Waals surface area contributed by atoms with Gasteiger partial charge in [0.15, 0.2) is 0 Å². The Morgan fingerprint density at radius 2 is 1.95 bits per heavy atom. The van der Waals surface area contributed by atoms with Gasteiger partial charge in [0.05, 0.1) is 5.38 Å². The highest BCUT2D eigenvalue weighted by Gasteiger charge is 2.24. The van der Waals surface area contributed by atoms with E-state index < -0.39 is 0 Å². The topological polar surface area (TPSA) is 29.1 Å². The first-order valence-corrected chi connectivity index (χ1v) is 7.67. The molecular formula is C16H22ClNO. The zero-order chi connectivity index (χ0) is 13.5. The molecule has 1 saturated carbocycles. The van der Waals surface area contributed by atoms with Gasteiger partial charge in [0.25, 0.3) is 0 Å². The lowest BCUT2D eigenvalue weighted by Gasteiger charge is -2.27. The first-order chi connectivity index (χ1) is 9.25. The second-order valence-corrected chi connectivity index (χ2v) is 5.87. The first kappa shape index (κ1) is 14.4. The molecule has 1 amide bonds. The summed E-state index contributed by atoms with van der Waals surface area (Å²) in [6.45, 7) is 0. The molecule has 1 aliphatic rings. The molecule has 0 aromatic heterocycles. The number of alkyl halides is 1. The molecule has 1 aromatic rings. The monoisotopic (exact) mass is 279 g/mol. The van der Waals surface area contributed by atoms with Gasteiger partial charge in [0, 0.05) is 12.5 Å². The summed E-state index contributed by atoms with van der Waals surface area (Å²) < 4.78 is 0. The normalized spacial score (nSPS) is 23.0. The maximum atomic E-state index is 11.9. The molecule has 2 rings (SSSR count). The van der Waals surface area contributed by atoms with Crippen LogP contribution in [0.3, 0.4) is 0 Å². The molecule has 0 heterocycles. The second-order valence-electron chi connectivity index (χ2n) is 5.31. The summed E-state index contributed by atoms with van der Waals surface area (Å²) in [6, 6.07) is 10.5. The van der Waals surface area contributed by atoms with Gasteiger partial charge in [-0.15, -0.1) is 11.6 Å². The summed E-state index contributed by atoms with van der Waals surface area (Å²) >= 11 is 6.24. The number of rotatable bonds is 5. The average Bonchev–Trinajstić information content (AvgIpc) is 2.43. The Balaban J connectivity index is 1.67. The van der Waals surface area contributed by atoms with E-state index >= 15 is 0 Å². The van der Waals surface area contributed by atoms with Crippen LogP contribution < -0.4 is 5.32 Å². The van der Waals surface area contributed by atoms with Gasteiger partial charge >= 0.3 is 0 Å². The van der Waals surface area contributed by atoms with Crippen molar-refractivity contribution in [1.29, 1.82) is 0 Å². The molecule has 2 unspecified atom stereocenters. The first-order valence-electron chi connectivity index (χ1n) is 7.23. The van der Waals surface area contributed by atoms with E-state index in [4.69, 9.17) is 11.6 Å². The molecule has 0 aliphatic heterocycles. The lowest BCUT2D eigenvalue weighted by atomic mass is 9.95. The van der Waals surface area contributed by atoms with Crippen LogP contribution in [0.1, 0.15) is 44.1 Å². The zero-order valence-corrected chi connectivity index (χ0v) is 12.0. The van der Waals surface area contributed by atoms with Crippen LogP contribution in [0.4, 0.5) is 0 Å². The smallest absolute Gasteiger partial charge is 0.220 e. The van der Waals surface area contributed by atoms with Crippen LogP contribution in [0, 0.1) is 0 Å². The number of carbonyl (C=O) groups excluding carboxylic acids is 1. The Morgan fingerprint density at radius 3 is 2.68 bits per heavy atom. The van der Waals surface area contributed by atoms with Crippen LogP contribution in [0.2, 0.25) is 0 Å². The van der Waals surface area contributed by atoms with Gasteiger partial charge < -0.3 is 5.32 Å². The Labute approximate surface area is 120 Å².